The summed E-state index contributed by atoms with van der Waals surface area (Å²) in [4.78, 5) is 11.0. The number of nitrogens with two attached hydrogens (primary N) is 1. The Labute approximate surface area is 91.7 Å². The molecule has 0 aliphatic carbocycles. The molecule has 5 heteroatoms. The Morgan fingerprint density at radius 3 is 2.44 bits per heavy atom. The fraction of sp³-hybridized carbons (Fsp3) is 0.182. The number of carbonyl (C=O) groups is 1. The molecule has 0 atom stereocenters. The Morgan fingerprint density at radius 1 is 1.25 bits per heavy atom. The first-order valence-electron chi connectivity index (χ1n) is 4.61. The summed E-state index contributed by atoms with van der Waals surface area (Å²) in [5, 5.41) is 0.663. The molecule has 1 aromatic carbocycles. The molecule has 0 fully saturated rings. The molecule has 1 aromatic heterocycles. The van der Waals surface area contributed by atoms with Gasteiger partial charge >= 0.3 is 0 Å². The number of benzene rings is 1. The zero-order valence-corrected chi connectivity index (χ0v) is 8.94. The third kappa shape index (κ3) is 1.46. The van der Waals surface area contributed by atoms with E-state index in [1.807, 2.05) is 0 Å². The molecule has 0 saturated heterocycles. The fourth-order valence-corrected chi connectivity index (χ4v) is 1.53. The number of primary amides is 1. The molecule has 0 bridgehead atoms. The van der Waals surface area contributed by atoms with Gasteiger partial charge in [0.15, 0.2) is 17.1 Å². The number of carbonyl (C=O) groups excluding carboxylic acids is 1. The van der Waals surface area contributed by atoms with Crippen molar-refractivity contribution < 1.29 is 18.7 Å². The van der Waals surface area contributed by atoms with Crippen LogP contribution in [0.25, 0.3) is 11.0 Å². The lowest BCUT2D eigenvalue weighted by molar-refractivity contribution is 0.0976. The first-order valence-corrected chi connectivity index (χ1v) is 4.61. The van der Waals surface area contributed by atoms with Gasteiger partial charge in [0.25, 0.3) is 5.91 Å². The Kier molecular flexibility index (Phi) is 2.44. The van der Waals surface area contributed by atoms with Crippen molar-refractivity contribution in [3.8, 4) is 11.5 Å². The number of furan rings is 1. The third-order valence-corrected chi connectivity index (χ3v) is 2.29. The standard InChI is InChI=1S/C11H11NO4/c1-14-7-3-4-8(15-2)10-6(7)5-9(16-10)11(12)13/h3-5H,1-2H3,(H2,12,13). The molecule has 2 rings (SSSR count). The minimum absolute atomic E-state index is 0.0813. The van der Waals surface area contributed by atoms with Gasteiger partial charge in [-0.05, 0) is 12.1 Å². The Bertz CT molecular complexity index is 503. The molecular weight excluding hydrogens is 210 g/mol. The van der Waals surface area contributed by atoms with Gasteiger partial charge in [0, 0.05) is 6.07 Å². The predicted octanol–water partition coefficient (Wildman–Crippen LogP) is 1.55. The minimum Gasteiger partial charge on any atom is -0.496 e. The van der Waals surface area contributed by atoms with Gasteiger partial charge in [-0.3, -0.25) is 4.79 Å². The molecule has 5 nitrogen and oxygen atoms in total. The first kappa shape index (κ1) is 10.4. The van der Waals surface area contributed by atoms with Crippen molar-refractivity contribution in [3.63, 3.8) is 0 Å². The van der Waals surface area contributed by atoms with E-state index in [0.717, 1.165) is 0 Å². The van der Waals surface area contributed by atoms with Gasteiger partial charge in [0.2, 0.25) is 0 Å². The van der Waals surface area contributed by atoms with Gasteiger partial charge in [0.1, 0.15) is 5.75 Å². The third-order valence-electron chi connectivity index (χ3n) is 2.29. The molecule has 0 aliphatic rings. The van der Waals surface area contributed by atoms with E-state index in [1.165, 1.54) is 14.2 Å². The molecule has 16 heavy (non-hydrogen) atoms. The predicted molar refractivity (Wildman–Crippen MR) is 57.8 cm³/mol. The fourth-order valence-electron chi connectivity index (χ4n) is 1.53. The summed E-state index contributed by atoms with van der Waals surface area (Å²) in [5.41, 5.74) is 5.60. The summed E-state index contributed by atoms with van der Waals surface area (Å²) in [7, 11) is 3.06. The number of fused-ring (bicyclic) bond motifs is 1. The van der Waals surface area contributed by atoms with Crippen LogP contribution in [0.1, 0.15) is 10.6 Å². The highest BCUT2D eigenvalue weighted by molar-refractivity contribution is 5.98. The molecule has 0 aliphatic heterocycles. The first-order chi connectivity index (χ1) is 7.67. The van der Waals surface area contributed by atoms with Gasteiger partial charge in [-0.1, -0.05) is 0 Å². The minimum atomic E-state index is -0.625. The average molecular weight is 221 g/mol. The van der Waals surface area contributed by atoms with E-state index >= 15 is 0 Å². The number of hydrogen-bond acceptors (Lipinski definition) is 4. The second kappa shape index (κ2) is 3.77. The molecular formula is C11H11NO4. The number of amides is 1. The van der Waals surface area contributed by atoms with Crippen LogP contribution in [0.4, 0.5) is 0 Å². The quantitative estimate of drug-likeness (QED) is 0.853. The lowest BCUT2D eigenvalue weighted by Crippen LogP contribution is -2.08. The number of hydrogen-bond donors (Lipinski definition) is 1. The normalized spacial score (nSPS) is 10.4. The van der Waals surface area contributed by atoms with Crippen molar-refractivity contribution >= 4 is 16.9 Å². The summed E-state index contributed by atoms with van der Waals surface area (Å²) in [6.45, 7) is 0. The van der Waals surface area contributed by atoms with E-state index in [9.17, 15) is 4.79 Å². The van der Waals surface area contributed by atoms with Crippen LogP contribution < -0.4 is 15.2 Å². The Hall–Kier alpha value is -2.17. The van der Waals surface area contributed by atoms with Crippen LogP contribution in [0.2, 0.25) is 0 Å². The van der Waals surface area contributed by atoms with Crippen LogP contribution in [0, 0.1) is 0 Å². The van der Waals surface area contributed by atoms with Crippen molar-refractivity contribution in [1.82, 2.24) is 0 Å². The second-order valence-electron chi connectivity index (χ2n) is 3.19. The molecule has 0 unspecified atom stereocenters. The van der Waals surface area contributed by atoms with Crippen LogP contribution in [-0.4, -0.2) is 20.1 Å². The van der Waals surface area contributed by atoms with E-state index in [1.54, 1.807) is 18.2 Å². The van der Waals surface area contributed by atoms with Crippen molar-refractivity contribution in [3.05, 3.63) is 24.0 Å². The van der Waals surface area contributed by atoms with Crippen LogP contribution >= 0.6 is 0 Å². The van der Waals surface area contributed by atoms with Crippen molar-refractivity contribution in [2.45, 2.75) is 0 Å². The van der Waals surface area contributed by atoms with Crippen LogP contribution in [-0.2, 0) is 0 Å². The van der Waals surface area contributed by atoms with E-state index in [4.69, 9.17) is 19.6 Å². The number of ether oxygens (including phenoxy) is 2. The molecule has 1 amide bonds. The van der Waals surface area contributed by atoms with Crippen LogP contribution in [0.15, 0.2) is 22.6 Å². The van der Waals surface area contributed by atoms with E-state index in [2.05, 4.69) is 0 Å². The zero-order chi connectivity index (χ0) is 11.7. The number of rotatable bonds is 3. The van der Waals surface area contributed by atoms with E-state index < -0.39 is 5.91 Å². The van der Waals surface area contributed by atoms with Gasteiger partial charge in [0.05, 0.1) is 19.6 Å². The topological polar surface area (TPSA) is 74.7 Å². The SMILES string of the molecule is COc1ccc(OC)c2oc(C(N)=O)cc12. The molecule has 0 spiro atoms. The summed E-state index contributed by atoms with van der Waals surface area (Å²) in [5.74, 6) is 0.591. The maximum atomic E-state index is 11.0. The monoisotopic (exact) mass is 221 g/mol. The van der Waals surface area contributed by atoms with E-state index in [-0.39, 0.29) is 5.76 Å². The summed E-state index contributed by atoms with van der Waals surface area (Å²) >= 11 is 0. The molecule has 1 heterocycles. The van der Waals surface area contributed by atoms with Crippen molar-refractivity contribution in [2.24, 2.45) is 5.73 Å². The van der Waals surface area contributed by atoms with Gasteiger partial charge in [-0.15, -0.1) is 0 Å². The molecule has 2 N–H and O–H groups in total. The molecule has 2 aromatic rings. The highest BCUT2D eigenvalue weighted by atomic mass is 16.5. The lowest BCUT2D eigenvalue weighted by atomic mass is 10.2. The highest BCUT2D eigenvalue weighted by Gasteiger charge is 2.15. The highest BCUT2D eigenvalue weighted by Crippen LogP contribution is 2.35. The van der Waals surface area contributed by atoms with Crippen molar-refractivity contribution in [2.75, 3.05) is 14.2 Å². The summed E-state index contributed by atoms with van der Waals surface area (Å²) in [6.07, 6.45) is 0. The smallest absolute Gasteiger partial charge is 0.284 e. The van der Waals surface area contributed by atoms with Gasteiger partial charge < -0.3 is 19.6 Å². The van der Waals surface area contributed by atoms with Crippen LogP contribution in [0.5, 0.6) is 11.5 Å². The Balaban J connectivity index is 2.75. The maximum absolute atomic E-state index is 11.0. The Morgan fingerprint density at radius 2 is 1.88 bits per heavy atom. The van der Waals surface area contributed by atoms with Gasteiger partial charge in [-0.2, -0.15) is 0 Å². The van der Waals surface area contributed by atoms with Gasteiger partial charge in [-0.25, -0.2) is 0 Å². The van der Waals surface area contributed by atoms with E-state index in [0.29, 0.717) is 22.5 Å². The zero-order valence-electron chi connectivity index (χ0n) is 8.94. The molecule has 0 saturated carbocycles. The molecule has 84 valence electrons. The lowest BCUT2D eigenvalue weighted by Gasteiger charge is -2.03. The number of methoxy groups -OCH3 is 2. The largest absolute Gasteiger partial charge is 0.496 e. The summed E-state index contributed by atoms with van der Waals surface area (Å²) < 4.78 is 15.6. The van der Waals surface area contributed by atoms with Crippen LogP contribution in [0.3, 0.4) is 0 Å². The second-order valence-corrected chi connectivity index (χ2v) is 3.19. The molecule has 0 radical (unpaired) electrons. The maximum Gasteiger partial charge on any atom is 0.284 e. The summed E-state index contributed by atoms with van der Waals surface area (Å²) in [6, 6.07) is 4.98. The van der Waals surface area contributed by atoms with Crippen molar-refractivity contribution in [1.29, 1.82) is 0 Å². The average Bonchev–Trinajstić information content (AvgIpc) is 2.72.